The van der Waals surface area contributed by atoms with Crippen LogP contribution >= 0.6 is 23.2 Å². The minimum Gasteiger partial charge on any atom is -0.506 e. The minimum atomic E-state index is -0.698. The summed E-state index contributed by atoms with van der Waals surface area (Å²) in [6.45, 7) is 5.20. The normalized spacial score (nSPS) is 11.6. The van der Waals surface area contributed by atoms with Crippen LogP contribution in [-0.4, -0.2) is 23.0 Å². The summed E-state index contributed by atoms with van der Waals surface area (Å²) in [5.41, 5.74) is 1.84. The highest BCUT2D eigenvalue weighted by atomic mass is 35.5. The molecule has 1 rings (SSSR count). The molecular formula is C12H14Cl2N2O3. The fourth-order valence-electron chi connectivity index (χ4n) is 1.14. The molecular weight excluding hydrogens is 291 g/mol. The van der Waals surface area contributed by atoms with Gasteiger partial charge in [-0.15, -0.1) is 0 Å². The summed E-state index contributed by atoms with van der Waals surface area (Å²) in [5.74, 6) is -0.166. The Morgan fingerprint density at radius 3 is 2.63 bits per heavy atom. The van der Waals surface area contributed by atoms with Crippen molar-refractivity contribution >= 4 is 35.5 Å². The predicted octanol–water partition coefficient (Wildman–Crippen LogP) is 3.56. The second kappa shape index (κ2) is 6.12. The largest absolute Gasteiger partial charge is 0.506 e. The number of carbonyl (C=O) groups is 1. The molecule has 0 radical (unpaired) electrons. The number of phenols is 1. The third kappa shape index (κ3) is 5.36. The number of carbonyl (C=O) groups excluding carboxylic acids is 1. The van der Waals surface area contributed by atoms with Gasteiger partial charge >= 0.3 is 6.09 Å². The van der Waals surface area contributed by atoms with Crippen molar-refractivity contribution in [2.45, 2.75) is 26.4 Å². The van der Waals surface area contributed by atoms with E-state index in [-0.39, 0.29) is 16.3 Å². The summed E-state index contributed by atoms with van der Waals surface area (Å²) < 4.78 is 4.97. The lowest BCUT2D eigenvalue weighted by molar-refractivity contribution is 0.0529. The molecule has 0 fully saturated rings. The molecule has 0 spiro atoms. The first-order chi connectivity index (χ1) is 8.69. The molecule has 0 aromatic heterocycles. The summed E-state index contributed by atoms with van der Waals surface area (Å²) in [7, 11) is 0. The van der Waals surface area contributed by atoms with E-state index < -0.39 is 11.7 Å². The molecule has 0 aliphatic heterocycles. The van der Waals surface area contributed by atoms with Crippen LogP contribution in [0.2, 0.25) is 10.0 Å². The van der Waals surface area contributed by atoms with Gasteiger partial charge in [0, 0.05) is 10.6 Å². The smallest absolute Gasteiger partial charge is 0.428 e. The Balaban J connectivity index is 2.71. The maximum atomic E-state index is 11.3. The van der Waals surface area contributed by atoms with Crippen molar-refractivity contribution in [3.05, 3.63) is 27.7 Å². The maximum Gasteiger partial charge on any atom is 0.428 e. The summed E-state index contributed by atoms with van der Waals surface area (Å²) >= 11 is 11.5. The molecule has 0 atom stereocenters. The molecule has 19 heavy (non-hydrogen) atoms. The number of aromatic hydroxyl groups is 1. The van der Waals surface area contributed by atoms with Crippen LogP contribution in [0.5, 0.6) is 5.75 Å². The Labute approximate surface area is 121 Å². The number of hydrogen-bond acceptors (Lipinski definition) is 4. The van der Waals surface area contributed by atoms with E-state index in [0.717, 1.165) is 0 Å². The lowest BCUT2D eigenvalue weighted by atomic mass is 10.2. The van der Waals surface area contributed by atoms with Crippen LogP contribution in [0, 0.1) is 0 Å². The molecule has 0 saturated heterocycles. The van der Waals surface area contributed by atoms with Gasteiger partial charge in [0.15, 0.2) is 0 Å². The van der Waals surface area contributed by atoms with E-state index >= 15 is 0 Å². The highest BCUT2D eigenvalue weighted by Gasteiger charge is 2.15. The topological polar surface area (TPSA) is 70.9 Å². The zero-order valence-electron chi connectivity index (χ0n) is 10.7. The first kappa shape index (κ1) is 15.6. The van der Waals surface area contributed by atoms with Gasteiger partial charge in [0.25, 0.3) is 0 Å². The number of phenolic OH excluding ortho intramolecular Hbond substituents is 1. The number of nitrogens with zero attached hydrogens (tertiary/aromatic N) is 1. The summed E-state index contributed by atoms with van der Waals surface area (Å²) in [6.07, 6.45) is 0.521. The van der Waals surface area contributed by atoms with E-state index in [1.807, 2.05) is 0 Å². The molecule has 7 heteroatoms. The van der Waals surface area contributed by atoms with E-state index in [9.17, 15) is 9.90 Å². The first-order valence-electron chi connectivity index (χ1n) is 5.39. The number of hydrogen-bond donors (Lipinski definition) is 2. The maximum absolute atomic E-state index is 11.3. The molecule has 1 amide bonds. The lowest BCUT2D eigenvalue weighted by Crippen LogP contribution is -2.29. The van der Waals surface area contributed by atoms with E-state index in [1.165, 1.54) is 18.3 Å². The third-order valence-electron chi connectivity index (χ3n) is 1.82. The van der Waals surface area contributed by atoms with Gasteiger partial charge in [-0.2, -0.15) is 5.10 Å². The SMILES string of the molecule is CC(C)(C)OC(=O)N/N=C/c1cc(Cl)cc(Cl)c1O. The van der Waals surface area contributed by atoms with Crippen molar-refractivity contribution in [2.75, 3.05) is 0 Å². The Morgan fingerprint density at radius 1 is 1.42 bits per heavy atom. The molecule has 0 saturated carbocycles. The van der Waals surface area contributed by atoms with Gasteiger partial charge in [-0.1, -0.05) is 23.2 Å². The van der Waals surface area contributed by atoms with Crippen LogP contribution in [-0.2, 0) is 4.74 Å². The van der Waals surface area contributed by atoms with E-state index in [4.69, 9.17) is 27.9 Å². The third-order valence-corrected chi connectivity index (χ3v) is 2.32. The van der Waals surface area contributed by atoms with Crippen LogP contribution in [0.15, 0.2) is 17.2 Å². The number of nitrogens with one attached hydrogen (secondary N) is 1. The van der Waals surface area contributed by atoms with Crippen molar-refractivity contribution in [1.82, 2.24) is 5.43 Å². The second-order valence-electron chi connectivity index (χ2n) is 4.70. The minimum absolute atomic E-state index is 0.103. The Morgan fingerprint density at radius 2 is 2.05 bits per heavy atom. The average molecular weight is 305 g/mol. The molecule has 0 aliphatic rings. The number of rotatable bonds is 2. The molecule has 0 aliphatic carbocycles. The van der Waals surface area contributed by atoms with Crippen molar-refractivity contribution in [3.63, 3.8) is 0 Å². The van der Waals surface area contributed by atoms with Crippen LogP contribution in [0.3, 0.4) is 0 Å². The monoisotopic (exact) mass is 304 g/mol. The fraction of sp³-hybridized carbons (Fsp3) is 0.333. The Bertz CT molecular complexity index is 510. The van der Waals surface area contributed by atoms with Crippen molar-refractivity contribution in [2.24, 2.45) is 5.10 Å². The fourth-order valence-corrected chi connectivity index (χ4v) is 1.65. The predicted molar refractivity (Wildman–Crippen MR) is 75.1 cm³/mol. The van der Waals surface area contributed by atoms with Gasteiger partial charge in [-0.25, -0.2) is 10.2 Å². The number of benzene rings is 1. The van der Waals surface area contributed by atoms with Crippen LogP contribution in [0.25, 0.3) is 0 Å². The molecule has 0 unspecified atom stereocenters. The average Bonchev–Trinajstić information content (AvgIpc) is 2.22. The van der Waals surface area contributed by atoms with Crippen molar-refractivity contribution in [1.29, 1.82) is 0 Å². The van der Waals surface area contributed by atoms with Crippen LogP contribution in [0.1, 0.15) is 26.3 Å². The van der Waals surface area contributed by atoms with Gasteiger partial charge < -0.3 is 9.84 Å². The van der Waals surface area contributed by atoms with E-state index in [0.29, 0.717) is 5.02 Å². The van der Waals surface area contributed by atoms with Gasteiger partial charge in [0.1, 0.15) is 11.4 Å². The summed E-state index contributed by atoms with van der Waals surface area (Å²) in [5, 5.41) is 13.7. The van der Waals surface area contributed by atoms with E-state index in [2.05, 4.69) is 10.5 Å². The van der Waals surface area contributed by atoms with E-state index in [1.54, 1.807) is 20.8 Å². The van der Waals surface area contributed by atoms with Gasteiger partial charge in [0.05, 0.1) is 11.2 Å². The quantitative estimate of drug-likeness (QED) is 0.648. The highest BCUT2D eigenvalue weighted by Crippen LogP contribution is 2.29. The molecule has 0 bridgehead atoms. The van der Waals surface area contributed by atoms with Crippen molar-refractivity contribution < 1.29 is 14.6 Å². The van der Waals surface area contributed by atoms with Crippen molar-refractivity contribution in [3.8, 4) is 5.75 Å². The number of amides is 1. The number of ether oxygens (including phenoxy) is 1. The van der Waals surface area contributed by atoms with Crippen LogP contribution < -0.4 is 5.43 Å². The molecule has 0 heterocycles. The molecule has 2 N–H and O–H groups in total. The standard InChI is InChI=1S/C12H14Cl2N2O3/c1-12(2,3)19-11(18)16-15-6-7-4-8(13)5-9(14)10(7)17/h4-6,17H,1-3H3,(H,16,18)/b15-6+. The lowest BCUT2D eigenvalue weighted by Gasteiger charge is -2.18. The van der Waals surface area contributed by atoms with Gasteiger partial charge in [-0.05, 0) is 32.9 Å². The zero-order chi connectivity index (χ0) is 14.6. The first-order valence-corrected chi connectivity index (χ1v) is 6.15. The zero-order valence-corrected chi connectivity index (χ0v) is 12.2. The Hall–Kier alpha value is -1.46. The number of hydrazone groups is 1. The highest BCUT2D eigenvalue weighted by molar-refractivity contribution is 6.36. The number of halogens is 2. The summed E-state index contributed by atoms with van der Waals surface area (Å²) in [4.78, 5) is 11.3. The van der Waals surface area contributed by atoms with Crippen LogP contribution in [0.4, 0.5) is 4.79 Å². The van der Waals surface area contributed by atoms with Gasteiger partial charge in [-0.3, -0.25) is 0 Å². The summed E-state index contributed by atoms with van der Waals surface area (Å²) in [6, 6.07) is 2.86. The molecule has 5 nitrogen and oxygen atoms in total. The second-order valence-corrected chi connectivity index (χ2v) is 5.54. The molecule has 1 aromatic carbocycles. The Kier molecular flexibility index (Phi) is 5.03. The molecule has 104 valence electrons. The van der Waals surface area contributed by atoms with Gasteiger partial charge in [0.2, 0.25) is 0 Å². The molecule has 1 aromatic rings.